The fourth-order valence-electron chi connectivity index (χ4n) is 4.14. The summed E-state index contributed by atoms with van der Waals surface area (Å²) in [4.78, 5) is 15.1. The number of hydrogen-bond donors (Lipinski definition) is 1. The highest BCUT2D eigenvalue weighted by atomic mass is 33.1. The van der Waals surface area contributed by atoms with Gasteiger partial charge in [-0.1, -0.05) is 70.2 Å². The van der Waals surface area contributed by atoms with E-state index in [9.17, 15) is 4.79 Å². The van der Waals surface area contributed by atoms with E-state index < -0.39 is 0 Å². The number of thiol groups is 1. The van der Waals surface area contributed by atoms with E-state index in [4.69, 9.17) is 17.0 Å². The highest BCUT2D eigenvalue weighted by Crippen LogP contribution is 2.48. The molecule has 2 aromatic carbocycles. The second-order valence-electron chi connectivity index (χ2n) is 7.83. The minimum atomic E-state index is -0.282. The molecule has 0 aliphatic carbocycles. The third kappa shape index (κ3) is 4.19. The second-order valence-corrected chi connectivity index (χ2v) is 11.5. The van der Waals surface area contributed by atoms with Crippen LogP contribution in [-0.2, 0) is 11.3 Å². The SMILES string of the molecule is Cc1cc(C2=CC(S)SS2)ccc1OC(=O)C1CCn2c(C(=S)c3ccccc3)ccc21. The molecule has 32 heavy (non-hydrogen) atoms. The van der Waals surface area contributed by atoms with Gasteiger partial charge in [-0.2, -0.15) is 12.6 Å². The predicted octanol–water partition coefficient (Wildman–Crippen LogP) is 6.65. The molecule has 0 saturated heterocycles. The molecule has 2 atom stereocenters. The average Bonchev–Trinajstić information content (AvgIpc) is 3.51. The van der Waals surface area contributed by atoms with Gasteiger partial charge in [-0.25, -0.2) is 0 Å². The van der Waals surface area contributed by atoms with Gasteiger partial charge in [0.05, 0.1) is 21.1 Å². The molecule has 2 aliphatic heterocycles. The molecule has 3 nitrogen and oxygen atoms in total. The summed E-state index contributed by atoms with van der Waals surface area (Å²) >= 11 is 10.2. The fourth-order valence-corrected chi connectivity index (χ4v) is 7.22. The van der Waals surface area contributed by atoms with Crippen LogP contribution in [0.5, 0.6) is 5.75 Å². The summed E-state index contributed by atoms with van der Waals surface area (Å²) in [5.74, 6) is 0.119. The van der Waals surface area contributed by atoms with Crippen LogP contribution >= 0.6 is 46.4 Å². The largest absolute Gasteiger partial charge is 0.426 e. The first kappa shape index (κ1) is 21.9. The van der Waals surface area contributed by atoms with Gasteiger partial charge in [-0.05, 0) is 60.4 Å². The van der Waals surface area contributed by atoms with Gasteiger partial charge >= 0.3 is 5.97 Å². The Morgan fingerprint density at radius 1 is 1.16 bits per heavy atom. The highest BCUT2D eigenvalue weighted by molar-refractivity contribution is 8.82. The molecule has 162 valence electrons. The summed E-state index contributed by atoms with van der Waals surface area (Å²) in [6, 6.07) is 20.0. The maximum atomic E-state index is 13.1. The van der Waals surface area contributed by atoms with Gasteiger partial charge in [-0.3, -0.25) is 4.79 Å². The molecule has 0 spiro atoms. The van der Waals surface area contributed by atoms with Crippen molar-refractivity contribution in [1.82, 2.24) is 4.57 Å². The number of thiocarbonyl (C=S) groups is 1. The lowest BCUT2D eigenvalue weighted by molar-refractivity contribution is -0.136. The number of aryl methyl sites for hydroxylation is 1. The highest BCUT2D eigenvalue weighted by Gasteiger charge is 2.33. The molecular weight excluding hydrogens is 475 g/mol. The van der Waals surface area contributed by atoms with E-state index in [0.717, 1.165) is 45.9 Å². The zero-order valence-electron chi connectivity index (χ0n) is 17.4. The van der Waals surface area contributed by atoms with Gasteiger partial charge in [0.1, 0.15) is 5.75 Å². The van der Waals surface area contributed by atoms with Crippen molar-refractivity contribution >= 4 is 62.2 Å². The molecule has 3 aromatic rings. The Kier molecular flexibility index (Phi) is 6.25. The van der Waals surface area contributed by atoms with E-state index in [2.05, 4.69) is 29.3 Å². The van der Waals surface area contributed by atoms with Gasteiger partial charge < -0.3 is 9.30 Å². The van der Waals surface area contributed by atoms with Gasteiger partial charge in [-0.15, -0.1) is 0 Å². The molecule has 0 fully saturated rings. The molecule has 2 unspecified atom stereocenters. The molecule has 5 rings (SSSR count). The zero-order valence-corrected chi connectivity index (χ0v) is 20.7. The van der Waals surface area contributed by atoms with Crippen molar-refractivity contribution in [2.45, 2.75) is 30.4 Å². The lowest BCUT2D eigenvalue weighted by atomic mass is 10.0. The van der Waals surface area contributed by atoms with Crippen molar-refractivity contribution in [1.29, 1.82) is 0 Å². The van der Waals surface area contributed by atoms with E-state index in [1.54, 1.807) is 21.6 Å². The first-order valence-corrected chi connectivity index (χ1v) is 13.5. The van der Waals surface area contributed by atoms with Crippen LogP contribution in [0.4, 0.5) is 0 Å². The standard InChI is InChI=1S/C25H21NO2S4/c1-15-13-17(22-14-23(29)32-31-22)7-10-21(15)28-25(27)18-11-12-26-19(18)8-9-20(26)24(30)16-5-3-2-4-6-16/h2-10,13-14,18,23,29H,11-12H2,1H3. The number of aromatic nitrogens is 1. The van der Waals surface area contributed by atoms with Gasteiger partial charge in [0.15, 0.2) is 0 Å². The van der Waals surface area contributed by atoms with Crippen molar-refractivity contribution in [2.75, 3.05) is 0 Å². The Labute approximate surface area is 206 Å². The fraction of sp³-hybridized carbons (Fsp3) is 0.200. The van der Waals surface area contributed by atoms with Crippen molar-refractivity contribution in [2.24, 2.45) is 0 Å². The van der Waals surface area contributed by atoms with Crippen LogP contribution in [0.15, 0.2) is 66.7 Å². The van der Waals surface area contributed by atoms with E-state index in [1.807, 2.05) is 61.5 Å². The van der Waals surface area contributed by atoms with Crippen molar-refractivity contribution in [3.8, 4) is 5.75 Å². The number of esters is 1. The summed E-state index contributed by atoms with van der Waals surface area (Å²) in [5.41, 5.74) is 5.06. The first-order chi connectivity index (χ1) is 15.5. The molecule has 0 amide bonds. The number of nitrogens with zero attached hydrogens (tertiary/aromatic N) is 1. The van der Waals surface area contributed by atoms with E-state index >= 15 is 0 Å². The lowest BCUT2D eigenvalue weighted by Crippen LogP contribution is -2.17. The second kappa shape index (κ2) is 9.14. The maximum Gasteiger partial charge on any atom is 0.320 e. The minimum absolute atomic E-state index is 0.213. The Balaban J connectivity index is 1.33. The summed E-state index contributed by atoms with van der Waals surface area (Å²) in [5, 5.41) is 0. The number of rotatable bonds is 5. The molecule has 0 saturated carbocycles. The van der Waals surface area contributed by atoms with Crippen LogP contribution < -0.4 is 4.74 Å². The van der Waals surface area contributed by atoms with Crippen molar-refractivity contribution < 1.29 is 9.53 Å². The molecule has 2 aliphatic rings. The van der Waals surface area contributed by atoms with Crippen LogP contribution in [0.25, 0.3) is 4.91 Å². The maximum absolute atomic E-state index is 13.1. The molecule has 0 N–H and O–H groups in total. The molecule has 1 aromatic heterocycles. The molecular formula is C25H21NO2S4. The topological polar surface area (TPSA) is 31.2 Å². The van der Waals surface area contributed by atoms with Crippen LogP contribution in [0.3, 0.4) is 0 Å². The van der Waals surface area contributed by atoms with Crippen LogP contribution in [0.1, 0.15) is 40.4 Å². The number of carbonyl (C=O) groups is 1. The normalized spacial score (nSPS) is 19.5. The third-order valence-electron chi connectivity index (χ3n) is 5.77. The predicted molar refractivity (Wildman–Crippen MR) is 142 cm³/mol. The summed E-state index contributed by atoms with van der Waals surface area (Å²) in [6.07, 6.45) is 2.86. The molecule has 3 heterocycles. The van der Waals surface area contributed by atoms with Gasteiger partial charge in [0.25, 0.3) is 0 Å². The van der Waals surface area contributed by atoms with Crippen molar-refractivity contribution in [3.63, 3.8) is 0 Å². The Morgan fingerprint density at radius 2 is 1.97 bits per heavy atom. The number of benzene rings is 2. The van der Waals surface area contributed by atoms with Gasteiger partial charge in [0, 0.05) is 17.1 Å². The molecule has 0 bridgehead atoms. The minimum Gasteiger partial charge on any atom is -0.426 e. The van der Waals surface area contributed by atoms with Crippen LogP contribution in [0, 0.1) is 6.92 Å². The van der Waals surface area contributed by atoms with E-state index in [1.165, 1.54) is 4.91 Å². The zero-order chi connectivity index (χ0) is 22.2. The Hall–Kier alpha value is -1.93. The third-order valence-corrected chi connectivity index (χ3v) is 9.53. The number of carbonyl (C=O) groups excluding carboxylic acids is 1. The number of fused-ring (bicyclic) bond motifs is 1. The number of hydrogen-bond acceptors (Lipinski definition) is 6. The summed E-state index contributed by atoms with van der Waals surface area (Å²) < 4.78 is 8.22. The smallest absolute Gasteiger partial charge is 0.320 e. The monoisotopic (exact) mass is 495 g/mol. The average molecular weight is 496 g/mol. The van der Waals surface area contributed by atoms with Crippen molar-refractivity contribution in [3.05, 3.63) is 94.8 Å². The number of ether oxygens (including phenoxy) is 1. The van der Waals surface area contributed by atoms with E-state index in [0.29, 0.717) is 5.75 Å². The quantitative estimate of drug-likeness (QED) is 0.107. The molecule has 7 heteroatoms. The van der Waals surface area contributed by atoms with E-state index in [-0.39, 0.29) is 16.5 Å². The first-order valence-electron chi connectivity index (χ1n) is 10.4. The Morgan fingerprint density at radius 3 is 2.69 bits per heavy atom. The van der Waals surface area contributed by atoms with Crippen LogP contribution in [-0.4, -0.2) is 20.0 Å². The van der Waals surface area contributed by atoms with Gasteiger partial charge in [0.2, 0.25) is 0 Å². The van der Waals surface area contributed by atoms with Crippen LogP contribution in [0.2, 0.25) is 0 Å². The lowest BCUT2D eigenvalue weighted by Gasteiger charge is -2.13. The Bertz CT molecular complexity index is 1230. The summed E-state index contributed by atoms with van der Waals surface area (Å²) in [7, 11) is 3.45. The molecule has 0 radical (unpaired) electrons. The summed E-state index contributed by atoms with van der Waals surface area (Å²) in [6.45, 7) is 2.74.